The number of rotatable bonds is 6. The Labute approximate surface area is 151 Å². The Morgan fingerprint density at radius 3 is 2.27 bits per heavy atom. The highest BCUT2D eigenvalue weighted by Gasteiger charge is 2.15. The molecule has 0 aliphatic heterocycles. The molecule has 7 nitrogen and oxygen atoms in total. The molecule has 0 radical (unpaired) electrons. The number of nitriles is 1. The second kappa shape index (κ2) is 8.30. The van der Waals surface area contributed by atoms with Crippen molar-refractivity contribution >= 4 is 11.6 Å². The van der Waals surface area contributed by atoms with E-state index < -0.39 is 23.7 Å². The number of hydrogen-bond donors (Lipinski definition) is 1. The summed E-state index contributed by atoms with van der Waals surface area (Å²) in [6, 6.07) is 7.57. The Morgan fingerprint density at radius 2 is 1.77 bits per heavy atom. The van der Waals surface area contributed by atoms with Gasteiger partial charge in [-0.1, -0.05) is 32.0 Å². The number of hydrogen-bond acceptors (Lipinski definition) is 4. The van der Waals surface area contributed by atoms with E-state index in [-0.39, 0.29) is 5.56 Å². The average molecular weight is 354 g/mol. The molecule has 2 rings (SSSR count). The Hall–Kier alpha value is -3.14. The molecule has 1 amide bonds. The van der Waals surface area contributed by atoms with E-state index in [2.05, 4.69) is 5.32 Å². The van der Waals surface area contributed by atoms with Gasteiger partial charge in [-0.3, -0.25) is 14.2 Å². The number of anilines is 1. The molecule has 1 heterocycles. The van der Waals surface area contributed by atoms with E-state index in [1.165, 1.54) is 10.8 Å². The smallest absolute Gasteiger partial charge is 0.324 e. The highest BCUT2D eigenvalue weighted by atomic mass is 16.2. The van der Waals surface area contributed by atoms with Crippen LogP contribution in [0.15, 0.2) is 34.0 Å². The van der Waals surface area contributed by atoms with E-state index in [9.17, 15) is 14.4 Å². The summed E-state index contributed by atoms with van der Waals surface area (Å²) in [5.74, 6) is -0.474. The third kappa shape index (κ3) is 3.75. The number of benzene rings is 1. The number of nitrogens with zero attached hydrogens (tertiary/aromatic N) is 3. The molecule has 0 atom stereocenters. The Morgan fingerprint density at radius 1 is 1.15 bits per heavy atom. The maximum absolute atomic E-state index is 12.5. The summed E-state index contributed by atoms with van der Waals surface area (Å²) in [5, 5.41) is 11.9. The first-order valence-corrected chi connectivity index (χ1v) is 8.61. The molecule has 0 saturated carbocycles. The van der Waals surface area contributed by atoms with Crippen LogP contribution in [0.1, 0.15) is 37.5 Å². The summed E-state index contributed by atoms with van der Waals surface area (Å²) in [4.78, 5) is 37.1. The van der Waals surface area contributed by atoms with Gasteiger partial charge < -0.3 is 5.32 Å². The molecule has 2 aromatic rings. The van der Waals surface area contributed by atoms with Crippen molar-refractivity contribution in [3.05, 3.63) is 61.9 Å². The van der Waals surface area contributed by atoms with Crippen molar-refractivity contribution in [1.82, 2.24) is 9.13 Å². The summed E-state index contributed by atoms with van der Waals surface area (Å²) < 4.78 is 2.04. The third-order valence-electron chi connectivity index (χ3n) is 4.26. The molecule has 26 heavy (non-hydrogen) atoms. The minimum atomic E-state index is -0.753. The fourth-order valence-electron chi connectivity index (χ4n) is 2.82. The van der Waals surface area contributed by atoms with Crippen LogP contribution in [0.2, 0.25) is 0 Å². The zero-order valence-corrected chi connectivity index (χ0v) is 15.2. The minimum Gasteiger partial charge on any atom is -0.324 e. The first-order valence-electron chi connectivity index (χ1n) is 8.61. The highest BCUT2D eigenvalue weighted by Crippen LogP contribution is 2.22. The number of aromatic nitrogens is 2. The first kappa shape index (κ1) is 19.2. The van der Waals surface area contributed by atoms with Crippen LogP contribution in [0, 0.1) is 11.3 Å². The molecular formula is C19H22N4O3. The van der Waals surface area contributed by atoms with Crippen LogP contribution in [0.4, 0.5) is 5.69 Å². The summed E-state index contributed by atoms with van der Waals surface area (Å²) in [7, 11) is 0. The van der Waals surface area contributed by atoms with Crippen LogP contribution < -0.4 is 16.6 Å². The lowest BCUT2D eigenvalue weighted by atomic mass is 10.0. The van der Waals surface area contributed by atoms with Gasteiger partial charge in [0.1, 0.15) is 18.2 Å². The average Bonchev–Trinajstić information content (AvgIpc) is 2.65. The second-order valence-corrected chi connectivity index (χ2v) is 5.82. The molecule has 0 aliphatic carbocycles. The van der Waals surface area contributed by atoms with Crippen LogP contribution in [-0.2, 0) is 30.7 Å². The monoisotopic (exact) mass is 354 g/mol. The zero-order valence-electron chi connectivity index (χ0n) is 15.2. The predicted molar refractivity (Wildman–Crippen MR) is 99.2 cm³/mol. The van der Waals surface area contributed by atoms with E-state index in [0.29, 0.717) is 6.54 Å². The fourth-order valence-corrected chi connectivity index (χ4v) is 2.82. The van der Waals surface area contributed by atoms with Crippen LogP contribution in [0.25, 0.3) is 0 Å². The summed E-state index contributed by atoms with van der Waals surface area (Å²) in [6.45, 7) is 5.57. The van der Waals surface area contributed by atoms with Crippen molar-refractivity contribution in [3.63, 3.8) is 0 Å². The van der Waals surface area contributed by atoms with E-state index in [1.807, 2.05) is 32.0 Å². The quantitative estimate of drug-likeness (QED) is 0.853. The molecule has 0 unspecified atom stereocenters. The van der Waals surface area contributed by atoms with Gasteiger partial charge in [-0.25, -0.2) is 9.36 Å². The van der Waals surface area contributed by atoms with Crippen molar-refractivity contribution in [2.75, 3.05) is 5.32 Å². The van der Waals surface area contributed by atoms with E-state index >= 15 is 0 Å². The van der Waals surface area contributed by atoms with Gasteiger partial charge >= 0.3 is 5.69 Å². The summed E-state index contributed by atoms with van der Waals surface area (Å²) in [5.41, 5.74) is 1.18. The van der Waals surface area contributed by atoms with Gasteiger partial charge in [0.15, 0.2) is 0 Å². The summed E-state index contributed by atoms with van der Waals surface area (Å²) in [6.07, 6.45) is 2.71. The van der Waals surface area contributed by atoms with Crippen molar-refractivity contribution in [3.8, 4) is 6.07 Å². The van der Waals surface area contributed by atoms with E-state index in [0.717, 1.165) is 34.2 Å². The molecular weight excluding hydrogens is 332 g/mol. The fraction of sp³-hybridized carbons (Fsp3) is 0.368. The maximum atomic E-state index is 12.5. The van der Waals surface area contributed by atoms with Crippen molar-refractivity contribution in [2.24, 2.45) is 0 Å². The van der Waals surface area contributed by atoms with Crippen molar-refractivity contribution in [2.45, 2.75) is 46.7 Å². The maximum Gasteiger partial charge on any atom is 0.331 e. The number of carbonyl (C=O) groups is 1. The number of carbonyl (C=O) groups excluding carboxylic acids is 1. The molecule has 0 aliphatic rings. The standard InChI is InChI=1S/C19H22N4O3/c1-4-13-8-7-9-14(5-2)17(13)21-16(24)12-23-18(25)15(10-20)11-22(6-3)19(23)26/h7-9,11H,4-6,12H2,1-3H3,(H,21,24). The topological polar surface area (TPSA) is 96.9 Å². The van der Waals surface area contributed by atoms with Gasteiger partial charge in [-0.15, -0.1) is 0 Å². The Balaban J connectivity index is 2.40. The Bertz CT molecular complexity index is 957. The largest absolute Gasteiger partial charge is 0.331 e. The van der Waals surface area contributed by atoms with Gasteiger partial charge in [0.25, 0.3) is 5.56 Å². The van der Waals surface area contributed by atoms with Crippen LogP contribution >= 0.6 is 0 Å². The van der Waals surface area contributed by atoms with Gasteiger partial charge in [0.05, 0.1) is 0 Å². The molecule has 7 heteroatoms. The molecule has 1 N–H and O–H groups in total. The molecule has 1 aromatic carbocycles. The van der Waals surface area contributed by atoms with E-state index in [4.69, 9.17) is 5.26 Å². The normalized spacial score (nSPS) is 10.4. The highest BCUT2D eigenvalue weighted by molar-refractivity contribution is 5.92. The first-order chi connectivity index (χ1) is 12.5. The predicted octanol–water partition coefficient (Wildman–Crippen LogP) is 1.67. The number of para-hydroxylation sites is 1. The molecule has 1 aromatic heterocycles. The molecule has 0 bridgehead atoms. The van der Waals surface area contributed by atoms with Crippen LogP contribution in [0.3, 0.4) is 0 Å². The lowest BCUT2D eigenvalue weighted by molar-refractivity contribution is -0.116. The van der Waals surface area contributed by atoms with Gasteiger partial charge in [0, 0.05) is 18.4 Å². The van der Waals surface area contributed by atoms with Gasteiger partial charge in [-0.2, -0.15) is 5.26 Å². The SMILES string of the molecule is CCc1cccc(CC)c1NC(=O)Cn1c(=O)c(C#N)cn(CC)c1=O. The lowest BCUT2D eigenvalue weighted by Gasteiger charge is -2.15. The Kier molecular flexibility index (Phi) is 6.12. The molecule has 0 saturated heterocycles. The lowest BCUT2D eigenvalue weighted by Crippen LogP contribution is -2.43. The van der Waals surface area contributed by atoms with Gasteiger partial charge in [0.2, 0.25) is 5.91 Å². The number of nitrogens with one attached hydrogen (secondary N) is 1. The third-order valence-corrected chi connectivity index (χ3v) is 4.26. The minimum absolute atomic E-state index is 0.164. The van der Waals surface area contributed by atoms with Crippen molar-refractivity contribution < 1.29 is 4.79 Å². The zero-order chi connectivity index (χ0) is 19.3. The molecule has 0 spiro atoms. The van der Waals surface area contributed by atoms with E-state index in [1.54, 1.807) is 13.0 Å². The number of amides is 1. The van der Waals surface area contributed by atoms with Crippen LogP contribution in [0.5, 0.6) is 0 Å². The summed E-state index contributed by atoms with van der Waals surface area (Å²) >= 11 is 0. The van der Waals surface area contributed by atoms with Gasteiger partial charge in [-0.05, 0) is 30.9 Å². The molecule has 0 fully saturated rings. The van der Waals surface area contributed by atoms with Crippen LogP contribution in [-0.4, -0.2) is 15.0 Å². The number of aryl methyl sites for hydroxylation is 3. The second-order valence-electron chi connectivity index (χ2n) is 5.82. The molecule has 136 valence electrons. The van der Waals surface area contributed by atoms with Crippen molar-refractivity contribution in [1.29, 1.82) is 5.26 Å².